The molecule has 2 N–H and O–H groups in total. The average Bonchev–Trinajstić information content (AvgIpc) is 3.60. The third kappa shape index (κ3) is 5.16. The molecule has 10 heteroatoms. The molecule has 1 fully saturated rings. The summed E-state index contributed by atoms with van der Waals surface area (Å²) in [4.78, 5) is 40.1. The predicted octanol–water partition coefficient (Wildman–Crippen LogP) is 3.29. The summed E-state index contributed by atoms with van der Waals surface area (Å²) in [6.45, 7) is 2.12. The highest BCUT2D eigenvalue weighted by Gasteiger charge is 2.36. The van der Waals surface area contributed by atoms with Crippen molar-refractivity contribution in [1.29, 1.82) is 0 Å². The third-order valence-corrected chi connectivity index (χ3v) is 7.84. The van der Waals surface area contributed by atoms with Crippen molar-refractivity contribution in [2.75, 3.05) is 0 Å². The van der Waals surface area contributed by atoms with Crippen molar-refractivity contribution in [2.24, 2.45) is 5.92 Å². The lowest BCUT2D eigenvalue weighted by molar-refractivity contribution is -0.137. The molecular weight excluding hydrogens is 515 g/mol. The molecule has 1 saturated heterocycles. The zero-order valence-corrected chi connectivity index (χ0v) is 22.2. The number of benzene rings is 1. The topological polar surface area (TPSA) is 119 Å². The molecule has 1 aromatic carbocycles. The van der Waals surface area contributed by atoms with Crippen LogP contribution in [-0.4, -0.2) is 31.7 Å². The van der Waals surface area contributed by atoms with Crippen LogP contribution in [0.4, 0.5) is 4.39 Å². The van der Waals surface area contributed by atoms with Crippen LogP contribution >= 0.6 is 0 Å². The Morgan fingerprint density at radius 3 is 2.80 bits per heavy atom. The minimum atomic E-state index is -0.861. The lowest BCUT2D eigenvalue weighted by Gasteiger charge is -2.20. The van der Waals surface area contributed by atoms with E-state index in [1.807, 2.05) is 18.2 Å². The molecule has 6 rings (SSSR count). The second kappa shape index (κ2) is 10.9. The highest BCUT2D eigenvalue weighted by atomic mass is 19.1. The smallest absolute Gasteiger partial charge is 0.303 e. The first-order valence-electron chi connectivity index (χ1n) is 13.8. The van der Waals surface area contributed by atoms with E-state index < -0.39 is 11.8 Å². The SMILES string of the molecule is CC1CC=Cc2nc(C3CC(C4C=c5nc(CCCCC(=O)O)n(-c6ccc(F)cc6)c(=O)c5=CC4)NO3)oc21. The van der Waals surface area contributed by atoms with E-state index >= 15 is 0 Å². The normalized spacial score (nSPS) is 23.2. The number of fused-ring (bicyclic) bond motifs is 2. The van der Waals surface area contributed by atoms with Gasteiger partial charge in [0.05, 0.1) is 16.3 Å². The van der Waals surface area contributed by atoms with E-state index in [0.717, 1.165) is 17.9 Å². The summed E-state index contributed by atoms with van der Waals surface area (Å²) in [5.74, 6) is 1.06. The number of aliphatic carboxylic acids is 1. The molecule has 2 aromatic heterocycles. The van der Waals surface area contributed by atoms with E-state index in [1.165, 1.54) is 16.7 Å². The molecule has 4 unspecified atom stereocenters. The fourth-order valence-corrected chi connectivity index (χ4v) is 5.68. The maximum Gasteiger partial charge on any atom is 0.303 e. The maximum atomic E-state index is 13.7. The van der Waals surface area contributed by atoms with Crippen LogP contribution in [0.1, 0.15) is 80.6 Å². The molecule has 0 amide bonds. The highest BCUT2D eigenvalue weighted by Crippen LogP contribution is 2.36. The summed E-state index contributed by atoms with van der Waals surface area (Å²) < 4.78 is 21.2. The van der Waals surface area contributed by atoms with Crippen molar-refractivity contribution in [3.8, 4) is 5.69 Å². The van der Waals surface area contributed by atoms with Crippen LogP contribution in [0, 0.1) is 11.7 Å². The van der Waals surface area contributed by atoms with Gasteiger partial charge in [-0.25, -0.2) is 14.4 Å². The van der Waals surface area contributed by atoms with Gasteiger partial charge in [-0.05, 0) is 56.0 Å². The Balaban J connectivity index is 1.28. The molecule has 3 aromatic rings. The number of halogens is 1. The Bertz CT molecular complexity index is 1640. The number of allylic oxidation sites excluding steroid dienone is 1. The molecule has 40 heavy (non-hydrogen) atoms. The minimum absolute atomic E-state index is 0.0216. The lowest BCUT2D eigenvalue weighted by atomic mass is 9.90. The molecule has 0 spiro atoms. The number of oxazole rings is 1. The van der Waals surface area contributed by atoms with Crippen LogP contribution in [0.25, 0.3) is 23.9 Å². The number of nitrogens with one attached hydrogen (secondary N) is 1. The molecule has 208 valence electrons. The zero-order valence-electron chi connectivity index (χ0n) is 22.2. The molecule has 0 radical (unpaired) electrons. The first-order chi connectivity index (χ1) is 19.4. The maximum absolute atomic E-state index is 13.7. The molecule has 0 bridgehead atoms. The van der Waals surface area contributed by atoms with Crippen molar-refractivity contribution in [3.05, 3.63) is 80.2 Å². The minimum Gasteiger partial charge on any atom is -0.481 e. The number of nitrogens with zero attached hydrogens (tertiary/aromatic N) is 3. The molecule has 1 aliphatic heterocycles. The van der Waals surface area contributed by atoms with Crippen LogP contribution < -0.4 is 21.6 Å². The van der Waals surface area contributed by atoms with Crippen LogP contribution in [0.3, 0.4) is 0 Å². The van der Waals surface area contributed by atoms with Gasteiger partial charge in [0.15, 0.2) is 6.10 Å². The predicted molar refractivity (Wildman–Crippen MR) is 145 cm³/mol. The molecular formula is C30H31FN4O5. The summed E-state index contributed by atoms with van der Waals surface area (Å²) in [5, 5.41) is 10.1. The largest absolute Gasteiger partial charge is 0.481 e. The molecule has 2 aliphatic carbocycles. The molecule has 0 saturated carbocycles. The van der Waals surface area contributed by atoms with Gasteiger partial charge in [0, 0.05) is 37.1 Å². The summed E-state index contributed by atoms with van der Waals surface area (Å²) in [5.41, 5.74) is 4.32. The zero-order chi connectivity index (χ0) is 27.8. The summed E-state index contributed by atoms with van der Waals surface area (Å²) in [7, 11) is 0. The van der Waals surface area contributed by atoms with Gasteiger partial charge in [0.1, 0.15) is 23.1 Å². The Labute approximate surface area is 229 Å². The highest BCUT2D eigenvalue weighted by molar-refractivity contribution is 5.66. The van der Waals surface area contributed by atoms with Gasteiger partial charge in [0.2, 0.25) is 5.89 Å². The first kappa shape index (κ1) is 26.3. The number of carboxylic acids is 1. The van der Waals surface area contributed by atoms with Crippen molar-refractivity contribution >= 4 is 24.2 Å². The Morgan fingerprint density at radius 2 is 2.02 bits per heavy atom. The van der Waals surface area contributed by atoms with Crippen LogP contribution in [-0.2, 0) is 16.1 Å². The first-order valence-corrected chi connectivity index (χ1v) is 13.8. The van der Waals surface area contributed by atoms with Gasteiger partial charge in [-0.3, -0.25) is 19.0 Å². The monoisotopic (exact) mass is 546 g/mol. The van der Waals surface area contributed by atoms with Crippen LogP contribution in [0.2, 0.25) is 0 Å². The molecule has 3 heterocycles. The van der Waals surface area contributed by atoms with E-state index in [1.54, 1.807) is 12.1 Å². The number of carboxylic acid groups (broad SMARTS) is 1. The summed E-state index contributed by atoms with van der Waals surface area (Å²) >= 11 is 0. The van der Waals surface area contributed by atoms with E-state index in [9.17, 15) is 14.0 Å². The number of aryl methyl sites for hydroxylation is 1. The molecule has 4 atom stereocenters. The Hall–Kier alpha value is -3.89. The average molecular weight is 547 g/mol. The number of hydrogen-bond donors (Lipinski definition) is 2. The lowest BCUT2D eigenvalue weighted by Crippen LogP contribution is -2.50. The van der Waals surface area contributed by atoms with Gasteiger partial charge in [-0.1, -0.05) is 25.2 Å². The van der Waals surface area contributed by atoms with E-state index in [0.29, 0.717) is 60.1 Å². The van der Waals surface area contributed by atoms with Crippen molar-refractivity contribution in [1.82, 2.24) is 20.0 Å². The molecule has 9 nitrogen and oxygen atoms in total. The second-order valence-electron chi connectivity index (χ2n) is 10.7. The van der Waals surface area contributed by atoms with E-state index in [4.69, 9.17) is 19.3 Å². The van der Waals surface area contributed by atoms with Crippen LogP contribution in [0.5, 0.6) is 0 Å². The van der Waals surface area contributed by atoms with Gasteiger partial charge in [-0.2, -0.15) is 5.48 Å². The summed E-state index contributed by atoms with van der Waals surface area (Å²) in [6.07, 6.45) is 11.4. The fourth-order valence-electron chi connectivity index (χ4n) is 5.68. The molecule has 3 aliphatic rings. The van der Waals surface area contributed by atoms with E-state index in [-0.39, 0.29) is 36.0 Å². The van der Waals surface area contributed by atoms with Gasteiger partial charge < -0.3 is 9.52 Å². The standard InChI is InChI=1S/C30H31FN4O5/c1-17-5-4-6-22-28(17)39-29(33-22)25-16-23(34-40-25)18-9-14-21-24(15-18)32-26(7-2-3-8-27(36)37)35(30(21)38)20-12-10-19(31)11-13-20/h4,6,10-15,17-18,23,25,34H,2-3,5,7-9,16H2,1H3,(H,36,37). The number of rotatable bonds is 8. The number of unbranched alkanes of at least 4 members (excludes halogenated alkanes) is 1. The third-order valence-electron chi connectivity index (χ3n) is 7.84. The number of hydrogen-bond acceptors (Lipinski definition) is 7. The number of carbonyl (C=O) groups is 1. The Morgan fingerprint density at radius 1 is 1.20 bits per heavy atom. The van der Waals surface area contributed by atoms with Gasteiger partial charge in [-0.15, -0.1) is 0 Å². The van der Waals surface area contributed by atoms with Crippen LogP contribution in [0.15, 0.2) is 39.6 Å². The number of hydroxylamine groups is 1. The summed E-state index contributed by atoms with van der Waals surface area (Å²) in [6, 6.07) is 5.71. The number of aromatic nitrogens is 3. The van der Waals surface area contributed by atoms with E-state index in [2.05, 4.69) is 23.5 Å². The van der Waals surface area contributed by atoms with Crippen molar-refractivity contribution in [2.45, 2.75) is 69.9 Å². The van der Waals surface area contributed by atoms with Crippen molar-refractivity contribution < 1.29 is 23.5 Å². The fraction of sp³-hybridized carbons (Fsp3) is 0.400. The van der Waals surface area contributed by atoms with Crippen molar-refractivity contribution in [3.63, 3.8) is 0 Å². The Kier molecular flexibility index (Phi) is 7.20. The van der Waals surface area contributed by atoms with Gasteiger partial charge in [0.25, 0.3) is 5.56 Å². The quantitative estimate of drug-likeness (QED) is 0.413. The van der Waals surface area contributed by atoms with Gasteiger partial charge >= 0.3 is 5.97 Å². The second-order valence-corrected chi connectivity index (χ2v) is 10.7.